The molecular weight excluding hydrogens is 280 g/mol. The highest BCUT2D eigenvalue weighted by molar-refractivity contribution is 6.13. The minimum atomic E-state index is -0.399. The van der Waals surface area contributed by atoms with Crippen LogP contribution in [-0.2, 0) is 4.79 Å². The number of ether oxygens (including phenoxy) is 1. The van der Waals surface area contributed by atoms with E-state index in [2.05, 4.69) is 19.2 Å². The van der Waals surface area contributed by atoms with Crippen LogP contribution >= 0.6 is 0 Å². The second-order valence-electron chi connectivity index (χ2n) is 5.69. The topological polar surface area (TPSA) is 58.6 Å². The minimum Gasteiger partial charge on any atom is -0.494 e. The zero-order valence-electron chi connectivity index (χ0n) is 13.7. The maximum Gasteiger partial charge on any atom is 0.328 e. The van der Waals surface area contributed by atoms with Gasteiger partial charge >= 0.3 is 6.03 Å². The maximum absolute atomic E-state index is 12.0. The van der Waals surface area contributed by atoms with Gasteiger partial charge in [-0.15, -0.1) is 0 Å². The van der Waals surface area contributed by atoms with Gasteiger partial charge in [-0.05, 0) is 54.7 Å². The van der Waals surface area contributed by atoms with Crippen molar-refractivity contribution < 1.29 is 14.3 Å². The SMILES string of the molecule is CCOc1cc(C)c(/C=C2/NC(=O)N(C)C2=O)cc1C(C)C. The third-order valence-corrected chi connectivity index (χ3v) is 3.70. The van der Waals surface area contributed by atoms with Crippen LogP contribution in [0, 0.1) is 6.92 Å². The first kappa shape index (κ1) is 16.1. The second-order valence-corrected chi connectivity index (χ2v) is 5.69. The molecule has 22 heavy (non-hydrogen) atoms. The summed E-state index contributed by atoms with van der Waals surface area (Å²) in [6.07, 6.45) is 1.72. The Bertz CT molecular complexity index is 648. The standard InChI is InChI=1S/C17H22N2O3/c1-6-22-15-7-11(4)12(8-13(15)10(2)3)9-14-16(20)19(5)17(21)18-14/h7-10H,6H2,1-5H3,(H,18,21)/b14-9+. The molecule has 1 aromatic carbocycles. The molecule has 1 fully saturated rings. The van der Waals surface area contributed by atoms with Crippen molar-refractivity contribution in [3.8, 4) is 5.75 Å². The molecule has 118 valence electrons. The van der Waals surface area contributed by atoms with E-state index in [0.29, 0.717) is 18.2 Å². The number of amides is 3. The first-order valence-corrected chi connectivity index (χ1v) is 7.43. The Morgan fingerprint density at radius 3 is 2.50 bits per heavy atom. The Morgan fingerprint density at radius 1 is 1.32 bits per heavy atom. The molecule has 1 heterocycles. The lowest BCUT2D eigenvalue weighted by Crippen LogP contribution is -2.25. The number of nitrogens with zero attached hydrogens (tertiary/aromatic N) is 1. The number of likely N-dealkylation sites (N-methyl/N-ethyl adjacent to an activating group) is 1. The summed E-state index contributed by atoms with van der Waals surface area (Å²) in [4.78, 5) is 24.6. The van der Waals surface area contributed by atoms with Crippen molar-refractivity contribution in [2.24, 2.45) is 0 Å². The summed E-state index contributed by atoms with van der Waals surface area (Å²) in [7, 11) is 1.46. The lowest BCUT2D eigenvalue weighted by Gasteiger charge is -2.16. The van der Waals surface area contributed by atoms with Gasteiger partial charge in [0.15, 0.2) is 0 Å². The van der Waals surface area contributed by atoms with Crippen LogP contribution < -0.4 is 10.1 Å². The summed E-state index contributed by atoms with van der Waals surface area (Å²) in [5.41, 5.74) is 3.29. The molecule has 1 aliphatic rings. The Kier molecular flexibility index (Phi) is 4.54. The van der Waals surface area contributed by atoms with Gasteiger partial charge in [0.05, 0.1) is 6.61 Å². The Hall–Kier alpha value is -2.30. The van der Waals surface area contributed by atoms with Crippen LogP contribution in [0.1, 0.15) is 43.4 Å². The van der Waals surface area contributed by atoms with Crippen LogP contribution in [0.15, 0.2) is 17.8 Å². The number of rotatable bonds is 4. The number of hydrogen-bond donors (Lipinski definition) is 1. The van der Waals surface area contributed by atoms with E-state index < -0.39 is 6.03 Å². The monoisotopic (exact) mass is 302 g/mol. The van der Waals surface area contributed by atoms with Gasteiger partial charge in [-0.1, -0.05) is 13.8 Å². The predicted octanol–water partition coefficient (Wildman–Crippen LogP) is 3.04. The number of carbonyl (C=O) groups is 2. The van der Waals surface area contributed by atoms with Gasteiger partial charge in [-0.25, -0.2) is 4.79 Å². The summed E-state index contributed by atoms with van der Waals surface area (Å²) < 4.78 is 5.69. The van der Waals surface area contributed by atoms with Gasteiger partial charge in [0.25, 0.3) is 5.91 Å². The van der Waals surface area contributed by atoms with Gasteiger partial charge in [-0.3, -0.25) is 9.69 Å². The molecule has 1 aromatic rings. The molecular formula is C17H22N2O3. The highest BCUT2D eigenvalue weighted by atomic mass is 16.5. The molecule has 0 saturated carbocycles. The van der Waals surface area contributed by atoms with Crippen LogP contribution in [0.4, 0.5) is 4.79 Å². The number of carbonyl (C=O) groups excluding carboxylic acids is 2. The predicted molar refractivity (Wildman–Crippen MR) is 85.7 cm³/mol. The fourth-order valence-electron chi connectivity index (χ4n) is 2.38. The smallest absolute Gasteiger partial charge is 0.328 e. The van der Waals surface area contributed by atoms with Crippen LogP contribution in [-0.4, -0.2) is 30.5 Å². The molecule has 0 spiro atoms. The maximum atomic E-state index is 12.0. The summed E-state index contributed by atoms with van der Waals surface area (Å²) in [5, 5.41) is 2.58. The number of aryl methyl sites for hydroxylation is 1. The van der Waals surface area contributed by atoms with E-state index in [1.807, 2.05) is 26.0 Å². The fourth-order valence-corrected chi connectivity index (χ4v) is 2.38. The Morgan fingerprint density at radius 2 is 2.00 bits per heavy atom. The third-order valence-electron chi connectivity index (χ3n) is 3.70. The van der Waals surface area contributed by atoms with Crippen molar-refractivity contribution >= 4 is 18.0 Å². The number of nitrogens with one attached hydrogen (secondary N) is 1. The average molecular weight is 302 g/mol. The number of benzene rings is 1. The molecule has 0 bridgehead atoms. The molecule has 0 aliphatic carbocycles. The summed E-state index contributed by atoms with van der Waals surface area (Å²) >= 11 is 0. The van der Waals surface area contributed by atoms with E-state index in [0.717, 1.165) is 27.3 Å². The number of urea groups is 1. The number of hydrogen-bond acceptors (Lipinski definition) is 3. The molecule has 1 N–H and O–H groups in total. The highest BCUT2D eigenvalue weighted by Gasteiger charge is 2.30. The molecule has 5 heteroatoms. The molecule has 3 amide bonds. The van der Waals surface area contributed by atoms with E-state index in [1.165, 1.54) is 7.05 Å². The van der Waals surface area contributed by atoms with E-state index in [9.17, 15) is 9.59 Å². The quantitative estimate of drug-likeness (QED) is 0.687. The molecule has 1 saturated heterocycles. The van der Waals surface area contributed by atoms with Gasteiger partial charge in [0.1, 0.15) is 11.4 Å². The summed E-state index contributed by atoms with van der Waals surface area (Å²) in [6, 6.07) is 3.61. The van der Waals surface area contributed by atoms with Crippen molar-refractivity contribution in [2.45, 2.75) is 33.6 Å². The van der Waals surface area contributed by atoms with Gasteiger partial charge < -0.3 is 10.1 Å². The molecule has 5 nitrogen and oxygen atoms in total. The normalized spacial score (nSPS) is 16.6. The molecule has 0 aromatic heterocycles. The average Bonchev–Trinajstić information content (AvgIpc) is 2.69. The zero-order valence-corrected chi connectivity index (χ0v) is 13.7. The third kappa shape index (κ3) is 2.98. The highest BCUT2D eigenvalue weighted by Crippen LogP contribution is 2.31. The van der Waals surface area contributed by atoms with E-state index in [4.69, 9.17) is 4.74 Å². The van der Waals surface area contributed by atoms with Gasteiger partial charge in [0.2, 0.25) is 0 Å². The molecule has 1 aliphatic heterocycles. The molecule has 0 atom stereocenters. The van der Waals surface area contributed by atoms with Crippen LogP contribution in [0.3, 0.4) is 0 Å². The van der Waals surface area contributed by atoms with Crippen LogP contribution in [0.25, 0.3) is 6.08 Å². The van der Waals surface area contributed by atoms with Crippen molar-refractivity contribution in [2.75, 3.05) is 13.7 Å². The van der Waals surface area contributed by atoms with E-state index in [-0.39, 0.29) is 5.91 Å². The van der Waals surface area contributed by atoms with E-state index in [1.54, 1.807) is 6.08 Å². The second kappa shape index (κ2) is 6.22. The lowest BCUT2D eigenvalue weighted by atomic mass is 9.96. The van der Waals surface area contributed by atoms with Gasteiger partial charge in [-0.2, -0.15) is 0 Å². The first-order chi connectivity index (χ1) is 10.3. The summed E-state index contributed by atoms with van der Waals surface area (Å²) in [5.74, 6) is 0.858. The fraction of sp³-hybridized carbons (Fsp3) is 0.412. The Labute approximate surface area is 130 Å². The Balaban J connectivity index is 2.46. The van der Waals surface area contributed by atoms with Crippen LogP contribution in [0.5, 0.6) is 5.75 Å². The molecule has 2 rings (SSSR count). The van der Waals surface area contributed by atoms with Crippen molar-refractivity contribution in [1.29, 1.82) is 0 Å². The largest absolute Gasteiger partial charge is 0.494 e. The van der Waals surface area contributed by atoms with Gasteiger partial charge in [0, 0.05) is 7.05 Å². The molecule has 0 radical (unpaired) electrons. The lowest BCUT2D eigenvalue weighted by molar-refractivity contribution is -0.121. The van der Waals surface area contributed by atoms with Crippen LogP contribution in [0.2, 0.25) is 0 Å². The minimum absolute atomic E-state index is 0.300. The van der Waals surface area contributed by atoms with Crippen molar-refractivity contribution in [3.05, 3.63) is 34.5 Å². The zero-order chi connectivity index (χ0) is 16.4. The number of imide groups is 1. The van der Waals surface area contributed by atoms with Crippen molar-refractivity contribution in [1.82, 2.24) is 10.2 Å². The van der Waals surface area contributed by atoms with E-state index >= 15 is 0 Å². The van der Waals surface area contributed by atoms with Crippen molar-refractivity contribution in [3.63, 3.8) is 0 Å². The summed E-state index contributed by atoms with van der Waals surface area (Å²) in [6.45, 7) is 8.72. The molecule has 0 unspecified atom stereocenters. The first-order valence-electron chi connectivity index (χ1n) is 7.43.